The van der Waals surface area contributed by atoms with Crippen LogP contribution in [0.25, 0.3) is 5.69 Å². The molecule has 7 nitrogen and oxygen atoms in total. The number of carboxylic acid groups (broad SMARTS) is 1. The number of carbonyl (C=O) groups excluding carboxylic acids is 1. The summed E-state index contributed by atoms with van der Waals surface area (Å²) in [5.74, 6) is -0.952. The summed E-state index contributed by atoms with van der Waals surface area (Å²) in [5.41, 5.74) is 1.46. The first-order valence-corrected chi connectivity index (χ1v) is 8.38. The van der Waals surface area contributed by atoms with Crippen molar-refractivity contribution in [1.82, 2.24) is 19.9 Å². The van der Waals surface area contributed by atoms with E-state index in [4.69, 9.17) is 0 Å². The number of piperidine rings is 1. The zero-order chi connectivity index (χ0) is 18.0. The molecule has 1 aliphatic heterocycles. The highest BCUT2D eigenvalue weighted by Gasteiger charge is 2.39. The van der Waals surface area contributed by atoms with Crippen LogP contribution in [0.5, 0.6) is 0 Å². The standard InChI is InChI=1S/C18H22N4O3/c1-13-15(19-20-22(13)14-7-4-3-5-8-14)11-16(23)21-10-6-9-18(2,12-21)17(24)25/h3-5,7-8H,6,9-12H2,1-2H3,(H,24,25)/t18-/m1/s1. The summed E-state index contributed by atoms with van der Waals surface area (Å²) in [6.07, 6.45) is 1.42. The van der Waals surface area contributed by atoms with Crippen molar-refractivity contribution in [1.29, 1.82) is 0 Å². The van der Waals surface area contributed by atoms with Crippen molar-refractivity contribution >= 4 is 11.9 Å². The Kier molecular flexibility index (Phi) is 4.57. The molecule has 1 saturated heterocycles. The highest BCUT2D eigenvalue weighted by Crippen LogP contribution is 2.30. The molecule has 1 aromatic heterocycles. The number of likely N-dealkylation sites (tertiary alicyclic amines) is 1. The smallest absolute Gasteiger partial charge is 0.311 e. The second kappa shape index (κ2) is 6.66. The number of nitrogens with zero attached hydrogens (tertiary/aromatic N) is 4. The fourth-order valence-electron chi connectivity index (χ4n) is 3.22. The van der Waals surface area contributed by atoms with Crippen LogP contribution in [0.4, 0.5) is 0 Å². The zero-order valence-corrected chi connectivity index (χ0v) is 14.5. The third kappa shape index (κ3) is 3.40. The summed E-state index contributed by atoms with van der Waals surface area (Å²) in [5, 5.41) is 17.7. The molecule has 0 unspecified atom stereocenters. The van der Waals surface area contributed by atoms with E-state index < -0.39 is 11.4 Å². The van der Waals surface area contributed by atoms with Crippen molar-refractivity contribution in [2.75, 3.05) is 13.1 Å². The molecule has 0 spiro atoms. The van der Waals surface area contributed by atoms with Crippen LogP contribution in [-0.4, -0.2) is 50.0 Å². The van der Waals surface area contributed by atoms with Crippen molar-refractivity contribution < 1.29 is 14.7 Å². The molecular weight excluding hydrogens is 320 g/mol. The Morgan fingerprint density at radius 3 is 2.68 bits per heavy atom. The molecule has 25 heavy (non-hydrogen) atoms. The van der Waals surface area contributed by atoms with Gasteiger partial charge in [0.1, 0.15) is 0 Å². The first kappa shape index (κ1) is 17.1. The number of hydrogen-bond donors (Lipinski definition) is 1. The molecule has 0 aliphatic carbocycles. The lowest BCUT2D eigenvalue weighted by atomic mass is 9.82. The first-order chi connectivity index (χ1) is 11.9. The van der Waals surface area contributed by atoms with Crippen LogP contribution in [0.3, 0.4) is 0 Å². The maximum atomic E-state index is 12.6. The van der Waals surface area contributed by atoms with Gasteiger partial charge in [0, 0.05) is 13.1 Å². The summed E-state index contributed by atoms with van der Waals surface area (Å²) in [7, 11) is 0. The number of aliphatic carboxylic acids is 1. The molecule has 0 radical (unpaired) electrons. The van der Waals surface area contributed by atoms with E-state index >= 15 is 0 Å². The fraction of sp³-hybridized carbons (Fsp3) is 0.444. The summed E-state index contributed by atoms with van der Waals surface area (Å²) in [4.78, 5) is 25.7. The average molecular weight is 342 g/mol. The van der Waals surface area contributed by atoms with Crippen molar-refractivity contribution in [3.05, 3.63) is 41.7 Å². The molecule has 1 atom stereocenters. The molecule has 1 amide bonds. The monoisotopic (exact) mass is 342 g/mol. The molecule has 1 aliphatic rings. The van der Waals surface area contributed by atoms with E-state index in [1.165, 1.54) is 0 Å². The van der Waals surface area contributed by atoms with Gasteiger partial charge in [0.2, 0.25) is 5.91 Å². The van der Waals surface area contributed by atoms with Gasteiger partial charge in [0.05, 0.1) is 28.9 Å². The van der Waals surface area contributed by atoms with Gasteiger partial charge in [-0.1, -0.05) is 23.4 Å². The average Bonchev–Trinajstić information content (AvgIpc) is 2.96. The molecule has 1 aromatic carbocycles. The number of benzene rings is 1. The van der Waals surface area contributed by atoms with Gasteiger partial charge in [0.25, 0.3) is 0 Å². The second-order valence-electron chi connectivity index (χ2n) is 6.83. The topological polar surface area (TPSA) is 88.3 Å². The molecule has 3 rings (SSSR count). The van der Waals surface area contributed by atoms with Gasteiger partial charge < -0.3 is 10.0 Å². The number of rotatable bonds is 4. The van der Waals surface area contributed by atoms with E-state index in [2.05, 4.69) is 10.3 Å². The van der Waals surface area contributed by atoms with Crippen LogP contribution in [0, 0.1) is 12.3 Å². The van der Waals surface area contributed by atoms with Crippen LogP contribution < -0.4 is 0 Å². The van der Waals surface area contributed by atoms with E-state index in [0.29, 0.717) is 25.1 Å². The molecule has 2 heterocycles. The van der Waals surface area contributed by atoms with Crippen LogP contribution in [0.15, 0.2) is 30.3 Å². The van der Waals surface area contributed by atoms with E-state index in [0.717, 1.165) is 11.4 Å². The number of aromatic nitrogens is 3. The lowest BCUT2D eigenvalue weighted by Gasteiger charge is -2.37. The third-order valence-electron chi connectivity index (χ3n) is 4.88. The van der Waals surface area contributed by atoms with Gasteiger partial charge in [-0.3, -0.25) is 9.59 Å². The van der Waals surface area contributed by atoms with Crippen LogP contribution >= 0.6 is 0 Å². The maximum absolute atomic E-state index is 12.6. The van der Waals surface area contributed by atoms with Crippen LogP contribution in [-0.2, 0) is 16.0 Å². The molecular formula is C18H22N4O3. The fourth-order valence-corrected chi connectivity index (χ4v) is 3.22. The first-order valence-electron chi connectivity index (χ1n) is 8.38. The quantitative estimate of drug-likeness (QED) is 0.916. The van der Waals surface area contributed by atoms with Crippen molar-refractivity contribution in [2.45, 2.75) is 33.1 Å². The normalized spacial score (nSPS) is 20.5. The molecule has 1 N–H and O–H groups in total. The lowest BCUT2D eigenvalue weighted by molar-refractivity contribution is -0.153. The van der Waals surface area contributed by atoms with Crippen molar-refractivity contribution in [3.8, 4) is 5.69 Å². The minimum atomic E-state index is -0.870. The maximum Gasteiger partial charge on any atom is 0.311 e. The summed E-state index contributed by atoms with van der Waals surface area (Å²) in [6, 6.07) is 9.62. The Morgan fingerprint density at radius 1 is 1.28 bits per heavy atom. The third-order valence-corrected chi connectivity index (χ3v) is 4.88. The largest absolute Gasteiger partial charge is 0.481 e. The van der Waals surface area contributed by atoms with E-state index in [1.807, 2.05) is 37.3 Å². The number of carbonyl (C=O) groups is 2. The minimum Gasteiger partial charge on any atom is -0.481 e. The molecule has 0 bridgehead atoms. The number of para-hydroxylation sites is 1. The Labute approximate surface area is 146 Å². The Hall–Kier alpha value is -2.70. The number of carboxylic acids is 1. The summed E-state index contributed by atoms with van der Waals surface area (Å²) in [6.45, 7) is 4.42. The summed E-state index contributed by atoms with van der Waals surface area (Å²) < 4.78 is 1.71. The van der Waals surface area contributed by atoms with E-state index in [9.17, 15) is 14.7 Å². The van der Waals surface area contributed by atoms with Gasteiger partial charge in [0.15, 0.2) is 0 Å². The highest BCUT2D eigenvalue weighted by molar-refractivity contribution is 5.81. The Morgan fingerprint density at radius 2 is 2.00 bits per heavy atom. The molecule has 2 aromatic rings. The van der Waals surface area contributed by atoms with E-state index in [-0.39, 0.29) is 18.9 Å². The molecule has 1 fully saturated rings. The second-order valence-corrected chi connectivity index (χ2v) is 6.83. The molecule has 7 heteroatoms. The zero-order valence-electron chi connectivity index (χ0n) is 14.5. The van der Waals surface area contributed by atoms with Gasteiger partial charge in [-0.25, -0.2) is 4.68 Å². The lowest BCUT2D eigenvalue weighted by Crippen LogP contribution is -2.48. The Balaban J connectivity index is 1.74. The predicted molar refractivity (Wildman–Crippen MR) is 91.4 cm³/mol. The number of amides is 1. The van der Waals surface area contributed by atoms with E-state index in [1.54, 1.807) is 16.5 Å². The van der Waals surface area contributed by atoms with Gasteiger partial charge >= 0.3 is 5.97 Å². The summed E-state index contributed by atoms with van der Waals surface area (Å²) >= 11 is 0. The van der Waals surface area contributed by atoms with Gasteiger partial charge in [-0.05, 0) is 38.8 Å². The molecule has 132 valence electrons. The van der Waals surface area contributed by atoms with Crippen LogP contribution in [0.1, 0.15) is 31.2 Å². The van der Waals surface area contributed by atoms with Gasteiger partial charge in [-0.2, -0.15) is 0 Å². The SMILES string of the molecule is Cc1c(CC(=O)N2CCC[C@@](C)(C(=O)O)C2)nnn1-c1ccccc1. The van der Waals surface area contributed by atoms with Gasteiger partial charge in [-0.15, -0.1) is 5.10 Å². The minimum absolute atomic E-state index is 0.101. The van der Waals surface area contributed by atoms with Crippen molar-refractivity contribution in [3.63, 3.8) is 0 Å². The molecule has 0 saturated carbocycles. The number of hydrogen-bond acceptors (Lipinski definition) is 4. The van der Waals surface area contributed by atoms with Crippen LogP contribution in [0.2, 0.25) is 0 Å². The predicted octanol–water partition coefficient (Wildman–Crippen LogP) is 1.83. The van der Waals surface area contributed by atoms with Crippen molar-refractivity contribution in [2.24, 2.45) is 5.41 Å². The Bertz CT molecular complexity index is 787. The highest BCUT2D eigenvalue weighted by atomic mass is 16.4.